The molecule has 6 nitrogen and oxygen atoms in total. The number of halogens is 2. The van der Waals surface area contributed by atoms with E-state index in [1.165, 1.54) is 12.1 Å². The van der Waals surface area contributed by atoms with Gasteiger partial charge in [-0.3, -0.25) is 4.79 Å². The van der Waals surface area contributed by atoms with E-state index in [9.17, 15) is 9.18 Å². The summed E-state index contributed by atoms with van der Waals surface area (Å²) in [7, 11) is 0. The van der Waals surface area contributed by atoms with Crippen LogP contribution in [0.5, 0.6) is 5.75 Å². The predicted octanol–water partition coefficient (Wildman–Crippen LogP) is 3.76. The molecule has 0 aliphatic carbocycles. The third-order valence-corrected chi connectivity index (χ3v) is 4.51. The fourth-order valence-corrected chi connectivity index (χ4v) is 2.84. The van der Waals surface area contributed by atoms with Gasteiger partial charge in [0, 0.05) is 16.7 Å². The molecule has 0 unspecified atom stereocenters. The minimum absolute atomic E-state index is 0.120. The molecule has 0 aliphatic rings. The highest BCUT2D eigenvalue weighted by molar-refractivity contribution is 6.31. The van der Waals surface area contributed by atoms with E-state index in [1.54, 1.807) is 36.4 Å². The van der Waals surface area contributed by atoms with Crippen LogP contribution in [0.1, 0.15) is 11.3 Å². The van der Waals surface area contributed by atoms with Crippen LogP contribution in [0.15, 0.2) is 53.3 Å². The van der Waals surface area contributed by atoms with Gasteiger partial charge in [0.1, 0.15) is 18.2 Å². The highest BCUT2D eigenvalue weighted by atomic mass is 35.5. The molecular weight excluding hydrogens is 371 g/mol. The van der Waals surface area contributed by atoms with Crippen LogP contribution in [0.3, 0.4) is 0 Å². The third kappa shape index (κ3) is 3.29. The van der Waals surface area contributed by atoms with Crippen molar-refractivity contribution in [2.24, 2.45) is 0 Å². The van der Waals surface area contributed by atoms with Crippen LogP contribution in [-0.2, 0) is 6.61 Å². The van der Waals surface area contributed by atoms with Gasteiger partial charge in [0.05, 0.1) is 11.3 Å². The Morgan fingerprint density at radius 1 is 1.22 bits per heavy atom. The van der Waals surface area contributed by atoms with Gasteiger partial charge in [0.25, 0.3) is 5.56 Å². The molecule has 8 heteroatoms. The van der Waals surface area contributed by atoms with Crippen molar-refractivity contribution in [2.75, 3.05) is 0 Å². The van der Waals surface area contributed by atoms with Gasteiger partial charge < -0.3 is 9.72 Å². The third-order valence-electron chi connectivity index (χ3n) is 4.10. The minimum atomic E-state index is -0.458. The second-order valence-electron chi connectivity index (χ2n) is 5.94. The number of nitrogens with zero attached hydrogens (tertiary/aromatic N) is 3. The summed E-state index contributed by atoms with van der Waals surface area (Å²) in [5.74, 6) is 0.505. The normalized spacial score (nSPS) is 11.1. The van der Waals surface area contributed by atoms with Crippen LogP contribution in [0, 0.1) is 12.7 Å². The number of fused-ring (bicyclic) bond motifs is 1. The van der Waals surface area contributed by atoms with Crippen LogP contribution in [0.4, 0.5) is 4.39 Å². The number of rotatable bonds is 4. The zero-order valence-corrected chi connectivity index (χ0v) is 15.0. The molecule has 0 fully saturated rings. The van der Waals surface area contributed by atoms with E-state index in [-0.39, 0.29) is 29.3 Å². The number of benzene rings is 2. The minimum Gasteiger partial charge on any atom is -0.487 e. The Bertz CT molecular complexity index is 1200. The average Bonchev–Trinajstić information content (AvgIpc) is 3.08. The van der Waals surface area contributed by atoms with Crippen molar-refractivity contribution in [3.63, 3.8) is 0 Å². The van der Waals surface area contributed by atoms with Crippen molar-refractivity contribution in [1.82, 2.24) is 19.6 Å². The Morgan fingerprint density at radius 2 is 2.04 bits per heavy atom. The Balaban J connectivity index is 1.66. The second-order valence-corrected chi connectivity index (χ2v) is 6.34. The predicted molar refractivity (Wildman–Crippen MR) is 99.5 cm³/mol. The van der Waals surface area contributed by atoms with Crippen LogP contribution >= 0.6 is 11.6 Å². The van der Waals surface area contributed by atoms with Crippen LogP contribution in [0.2, 0.25) is 5.02 Å². The van der Waals surface area contributed by atoms with E-state index >= 15 is 0 Å². The first kappa shape index (κ1) is 17.2. The first-order valence-corrected chi connectivity index (χ1v) is 8.52. The molecule has 0 atom stereocenters. The summed E-state index contributed by atoms with van der Waals surface area (Å²) in [6.07, 6.45) is 0. The van der Waals surface area contributed by atoms with Gasteiger partial charge in [-0.1, -0.05) is 29.8 Å². The Morgan fingerprint density at radius 3 is 2.85 bits per heavy atom. The fraction of sp³-hybridized carbons (Fsp3) is 0.105. The summed E-state index contributed by atoms with van der Waals surface area (Å²) in [6.45, 7) is 1.97. The number of aromatic nitrogens is 4. The molecule has 4 aromatic rings. The summed E-state index contributed by atoms with van der Waals surface area (Å²) in [5.41, 5.74) is 1.16. The molecule has 2 aromatic heterocycles. The molecule has 0 saturated carbocycles. The topological polar surface area (TPSA) is 72.3 Å². The van der Waals surface area contributed by atoms with Crippen molar-refractivity contribution >= 4 is 17.4 Å². The zero-order chi connectivity index (χ0) is 19.0. The molecule has 0 amide bonds. The lowest BCUT2D eigenvalue weighted by molar-refractivity contribution is 0.299. The van der Waals surface area contributed by atoms with Gasteiger partial charge >= 0.3 is 0 Å². The van der Waals surface area contributed by atoms with Crippen LogP contribution in [-0.4, -0.2) is 19.6 Å². The van der Waals surface area contributed by atoms with Crippen molar-refractivity contribution in [3.05, 3.63) is 81.0 Å². The zero-order valence-electron chi connectivity index (χ0n) is 14.2. The van der Waals surface area contributed by atoms with Crippen molar-refractivity contribution in [3.8, 4) is 17.1 Å². The average molecular weight is 385 g/mol. The molecule has 0 radical (unpaired) electrons. The van der Waals surface area contributed by atoms with E-state index in [0.717, 1.165) is 10.1 Å². The molecule has 0 saturated heterocycles. The molecule has 4 rings (SSSR count). The number of hydrogen-bond donors (Lipinski definition) is 1. The van der Waals surface area contributed by atoms with Gasteiger partial charge in [0.15, 0.2) is 5.82 Å². The molecule has 1 N–H and O–H groups in total. The van der Waals surface area contributed by atoms with E-state index in [1.807, 2.05) is 6.92 Å². The molecular formula is C19H14ClFN4O2. The maximum Gasteiger partial charge on any atom is 0.276 e. The maximum atomic E-state index is 14.0. The second kappa shape index (κ2) is 6.85. The van der Waals surface area contributed by atoms with Crippen LogP contribution in [0.25, 0.3) is 17.2 Å². The summed E-state index contributed by atoms with van der Waals surface area (Å²) in [5, 5.41) is 4.69. The number of aromatic amines is 1. The maximum absolute atomic E-state index is 14.0. The van der Waals surface area contributed by atoms with Crippen molar-refractivity contribution in [2.45, 2.75) is 13.5 Å². The van der Waals surface area contributed by atoms with Crippen molar-refractivity contribution < 1.29 is 9.13 Å². The van der Waals surface area contributed by atoms with Crippen molar-refractivity contribution in [1.29, 1.82) is 0 Å². The standard InChI is InChI=1S/C19H14ClFN4O2/c1-11-14(20)6-4-8-16(11)27-10-12-9-17(26)25-19(22-12)23-18(24-25)13-5-2-3-7-15(13)21/h2-9H,10H2,1H3,(H,22,23,24). The lowest BCUT2D eigenvalue weighted by Crippen LogP contribution is -2.16. The monoisotopic (exact) mass is 384 g/mol. The Labute approximate surface area is 158 Å². The Hall–Kier alpha value is -3.19. The van der Waals surface area contributed by atoms with Gasteiger partial charge in [0.2, 0.25) is 5.78 Å². The van der Waals surface area contributed by atoms with Gasteiger partial charge in [-0.25, -0.2) is 4.39 Å². The first-order valence-electron chi connectivity index (χ1n) is 8.15. The highest BCUT2D eigenvalue weighted by Gasteiger charge is 2.13. The molecule has 2 aromatic carbocycles. The summed E-state index contributed by atoms with van der Waals surface area (Å²) in [6, 6.07) is 12.9. The highest BCUT2D eigenvalue weighted by Crippen LogP contribution is 2.25. The Kier molecular flexibility index (Phi) is 4.37. The SMILES string of the molecule is Cc1c(Cl)cccc1OCc1cc(=O)n2nc(-c3ccccc3F)nc2[nH]1. The summed E-state index contributed by atoms with van der Waals surface area (Å²) >= 11 is 6.08. The molecule has 0 spiro atoms. The molecule has 2 heterocycles. The van der Waals surface area contributed by atoms with Gasteiger partial charge in [-0.2, -0.15) is 9.50 Å². The van der Waals surface area contributed by atoms with E-state index in [4.69, 9.17) is 16.3 Å². The van der Waals surface area contributed by atoms with E-state index in [2.05, 4.69) is 15.1 Å². The smallest absolute Gasteiger partial charge is 0.276 e. The van der Waals surface area contributed by atoms with Crippen LogP contribution < -0.4 is 10.3 Å². The lowest BCUT2D eigenvalue weighted by Gasteiger charge is -2.09. The quantitative estimate of drug-likeness (QED) is 0.581. The van der Waals surface area contributed by atoms with E-state index < -0.39 is 5.82 Å². The largest absolute Gasteiger partial charge is 0.487 e. The number of ether oxygens (including phenoxy) is 1. The fourth-order valence-electron chi connectivity index (χ4n) is 2.67. The summed E-state index contributed by atoms with van der Waals surface area (Å²) in [4.78, 5) is 19.6. The first-order chi connectivity index (χ1) is 13.0. The molecule has 0 bridgehead atoms. The van der Waals surface area contributed by atoms with E-state index in [0.29, 0.717) is 16.5 Å². The number of H-pyrrole nitrogens is 1. The molecule has 27 heavy (non-hydrogen) atoms. The number of nitrogens with one attached hydrogen (secondary N) is 1. The lowest BCUT2D eigenvalue weighted by atomic mass is 10.2. The molecule has 0 aliphatic heterocycles. The number of hydrogen-bond acceptors (Lipinski definition) is 4. The summed E-state index contributed by atoms with van der Waals surface area (Å²) < 4.78 is 20.8. The van der Waals surface area contributed by atoms with Gasteiger partial charge in [-0.15, -0.1) is 5.10 Å². The molecule has 136 valence electrons. The van der Waals surface area contributed by atoms with Gasteiger partial charge in [-0.05, 0) is 31.2 Å².